The van der Waals surface area contributed by atoms with E-state index < -0.39 is 17.5 Å². The summed E-state index contributed by atoms with van der Waals surface area (Å²) in [4.78, 5) is 12.4. The lowest BCUT2D eigenvalue weighted by molar-refractivity contribution is 0.101. The van der Waals surface area contributed by atoms with Crippen molar-refractivity contribution < 1.29 is 22.8 Å². The third kappa shape index (κ3) is 3.82. The summed E-state index contributed by atoms with van der Waals surface area (Å²) in [5.41, 5.74) is 0.613. The summed E-state index contributed by atoms with van der Waals surface area (Å²) in [6, 6.07) is 12.1. The third-order valence-electron chi connectivity index (χ3n) is 3.50. The fourth-order valence-corrected chi connectivity index (χ4v) is 2.18. The van der Waals surface area contributed by atoms with E-state index in [4.69, 9.17) is 9.26 Å². The van der Waals surface area contributed by atoms with E-state index in [0.717, 1.165) is 12.1 Å². The maximum atomic E-state index is 13.2. The average molecular weight is 344 g/mol. The number of benzene rings is 2. The number of nitrogens with one attached hydrogen (secondary N) is 1. The maximum absolute atomic E-state index is 13.2. The molecule has 1 aromatic heterocycles. The minimum Gasteiger partial charge on any atom is -0.489 e. The quantitative estimate of drug-likeness (QED) is 0.757. The van der Waals surface area contributed by atoms with Crippen molar-refractivity contribution in [3.05, 3.63) is 77.2 Å². The molecule has 7 heteroatoms. The van der Waals surface area contributed by atoms with Gasteiger partial charge in [0.25, 0.3) is 5.91 Å². The summed E-state index contributed by atoms with van der Waals surface area (Å²) >= 11 is 0. The van der Waals surface area contributed by atoms with Gasteiger partial charge < -0.3 is 14.6 Å². The molecule has 2 aromatic carbocycles. The van der Waals surface area contributed by atoms with E-state index in [1.54, 1.807) is 19.1 Å². The number of halogens is 2. The number of rotatable bonds is 5. The molecule has 0 aliphatic heterocycles. The maximum Gasteiger partial charge on any atom is 0.278 e. The molecular weight excluding hydrogens is 330 g/mol. The van der Waals surface area contributed by atoms with Gasteiger partial charge in [0.15, 0.2) is 17.3 Å². The fraction of sp³-hybridized carbons (Fsp3) is 0.111. The van der Waals surface area contributed by atoms with Crippen molar-refractivity contribution in [3.63, 3.8) is 0 Å². The van der Waals surface area contributed by atoms with Crippen molar-refractivity contribution in [3.8, 4) is 5.75 Å². The molecule has 0 saturated carbocycles. The number of hydrogen-bond donors (Lipinski definition) is 1. The zero-order chi connectivity index (χ0) is 17.8. The highest BCUT2D eigenvalue weighted by atomic mass is 19.2. The lowest BCUT2D eigenvalue weighted by Gasteiger charge is -2.07. The van der Waals surface area contributed by atoms with Crippen molar-refractivity contribution >= 4 is 11.6 Å². The lowest BCUT2D eigenvalue weighted by Crippen LogP contribution is -2.15. The Kier molecular flexibility index (Phi) is 4.74. The minimum absolute atomic E-state index is 0.0261. The van der Waals surface area contributed by atoms with Crippen molar-refractivity contribution in [1.29, 1.82) is 0 Å². The van der Waals surface area contributed by atoms with Crippen molar-refractivity contribution in [2.75, 3.05) is 5.32 Å². The summed E-state index contributed by atoms with van der Waals surface area (Å²) in [7, 11) is 0. The molecule has 0 fully saturated rings. The van der Waals surface area contributed by atoms with Gasteiger partial charge in [-0.3, -0.25) is 4.79 Å². The number of para-hydroxylation sites is 1. The Bertz CT molecular complexity index is 895. The molecule has 1 N–H and O–H groups in total. The zero-order valence-corrected chi connectivity index (χ0v) is 13.3. The molecule has 0 aliphatic carbocycles. The van der Waals surface area contributed by atoms with E-state index in [9.17, 15) is 13.6 Å². The van der Waals surface area contributed by atoms with Gasteiger partial charge >= 0.3 is 0 Å². The predicted molar refractivity (Wildman–Crippen MR) is 86.3 cm³/mol. The Morgan fingerprint density at radius 1 is 1.16 bits per heavy atom. The van der Waals surface area contributed by atoms with Crippen LogP contribution in [0.25, 0.3) is 0 Å². The van der Waals surface area contributed by atoms with Crippen LogP contribution in [-0.4, -0.2) is 11.1 Å². The van der Waals surface area contributed by atoms with Crippen molar-refractivity contribution in [1.82, 2.24) is 5.16 Å². The molecule has 0 unspecified atom stereocenters. The molecule has 0 aliphatic rings. The fourth-order valence-electron chi connectivity index (χ4n) is 2.18. The van der Waals surface area contributed by atoms with E-state index >= 15 is 0 Å². The monoisotopic (exact) mass is 344 g/mol. The Balaban J connectivity index is 1.75. The second-order valence-electron chi connectivity index (χ2n) is 5.25. The van der Waals surface area contributed by atoms with Crippen LogP contribution < -0.4 is 10.1 Å². The summed E-state index contributed by atoms with van der Waals surface area (Å²) in [5, 5.41) is 6.18. The Morgan fingerprint density at radius 3 is 2.64 bits per heavy atom. The second-order valence-corrected chi connectivity index (χ2v) is 5.25. The second kappa shape index (κ2) is 7.12. The van der Waals surface area contributed by atoms with Gasteiger partial charge in [-0.05, 0) is 31.2 Å². The number of hydrogen-bond acceptors (Lipinski definition) is 4. The highest BCUT2D eigenvalue weighted by Crippen LogP contribution is 2.20. The largest absolute Gasteiger partial charge is 0.489 e. The number of amides is 1. The van der Waals surface area contributed by atoms with Gasteiger partial charge in [-0.25, -0.2) is 8.78 Å². The highest BCUT2D eigenvalue weighted by Gasteiger charge is 2.21. The third-order valence-corrected chi connectivity index (χ3v) is 3.50. The topological polar surface area (TPSA) is 64.4 Å². The molecule has 1 amide bonds. The van der Waals surface area contributed by atoms with Crippen LogP contribution in [0.3, 0.4) is 0 Å². The molecule has 5 nitrogen and oxygen atoms in total. The van der Waals surface area contributed by atoms with Crippen LogP contribution in [0.15, 0.2) is 53.1 Å². The average Bonchev–Trinajstić information content (AvgIpc) is 2.98. The Labute approximate surface area is 142 Å². The number of carbonyl (C=O) groups is 1. The van der Waals surface area contributed by atoms with Crippen LogP contribution in [0.2, 0.25) is 0 Å². The van der Waals surface area contributed by atoms with E-state index in [0.29, 0.717) is 17.1 Å². The van der Waals surface area contributed by atoms with Crippen LogP contribution in [0, 0.1) is 18.6 Å². The van der Waals surface area contributed by atoms with Gasteiger partial charge in [0.2, 0.25) is 0 Å². The first-order chi connectivity index (χ1) is 12.0. The molecule has 0 radical (unpaired) electrons. The molecule has 3 rings (SSSR count). The zero-order valence-electron chi connectivity index (χ0n) is 13.3. The molecular formula is C18H14F2N2O3. The van der Waals surface area contributed by atoms with Crippen molar-refractivity contribution in [2.24, 2.45) is 0 Å². The van der Waals surface area contributed by atoms with Crippen LogP contribution in [-0.2, 0) is 6.61 Å². The lowest BCUT2D eigenvalue weighted by atomic mass is 10.2. The first-order valence-corrected chi connectivity index (χ1v) is 7.44. The number of nitrogens with zero attached hydrogens (tertiary/aromatic N) is 1. The van der Waals surface area contributed by atoms with Gasteiger partial charge in [-0.15, -0.1) is 0 Å². The summed E-state index contributed by atoms with van der Waals surface area (Å²) < 4.78 is 36.9. The van der Waals surface area contributed by atoms with Crippen LogP contribution in [0.4, 0.5) is 14.5 Å². The van der Waals surface area contributed by atoms with Gasteiger partial charge in [-0.2, -0.15) is 0 Å². The molecule has 1 heterocycles. The normalized spacial score (nSPS) is 10.5. The van der Waals surface area contributed by atoms with Gasteiger partial charge in [0.05, 0.1) is 5.56 Å². The number of aryl methyl sites for hydroxylation is 1. The summed E-state index contributed by atoms with van der Waals surface area (Å²) in [6.07, 6.45) is 0. The molecule has 3 aromatic rings. The number of anilines is 1. The minimum atomic E-state index is -1.05. The Hall–Kier alpha value is -3.22. The molecule has 0 spiro atoms. The number of carbonyl (C=O) groups excluding carboxylic acids is 1. The molecule has 0 saturated heterocycles. The van der Waals surface area contributed by atoms with Crippen LogP contribution >= 0.6 is 0 Å². The summed E-state index contributed by atoms with van der Waals surface area (Å²) in [5.74, 6) is -1.58. The first-order valence-electron chi connectivity index (χ1n) is 7.44. The van der Waals surface area contributed by atoms with E-state index in [2.05, 4.69) is 10.5 Å². The van der Waals surface area contributed by atoms with Crippen LogP contribution in [0.5, 0.6) is 5.75 Å². The van der Waals surface area contributed by atoms with Crippen molar-refractivity contribution in [2.45, 2.75) is 13.5 Å². The predicted octanol–water partition coefficient (Wildman–Crippen LogP) is 4.09. The first kappa shape index (κ1) is 16.6. The highest BCUT2D eigenvalue weighted by molar-refractivity contribution is 6.03. The van der Waals surface area contributed by atoms with Gasteiger partial charge in [-0.1, -0.05) is 23.4 Å². The van der Waals surface area contributed by atoms with Crippen LogP contribution in [0.1, 0.15) is 21.8 Å². The molecule has 0 bridgehead atoms. The molecule has 0 atom stereocenters. The SMILES string of the molecule is Cc1onc(C(=O)Nc2ccc(F)c(F)c2)c1COc1ccccc1. The summed E-state index contributed by atoms with van der Waals surface area (Å²) in [6.45, 7) is 1.74. The Morgan fingerprint density at radius 2 is 1.92 bits per heavy atom. The van der Waals surface area contributed by atoms with E-state index in [1.165, 1.54) is 6.07 Å². The van der Waals surface area contributed by atoms with E-state index in [-0.39, 0.29) is 18.0 Å². The standard InChI is InChI=1S/C18H14F2N2O3/c1-11-14(10-24-13-5-3-2-4-6-13)17(22-25-11)18(23)21-12-7-8-15(19)16(20)9-12/h2-9H,10H2,1H3,(H,21,23). The smallest absolute Gasteiger partial charge is 0.278 e. The molecule has 25 heavy (non-hydrogen) atoms. The molecule has 128 valence electrons. The number of ether oxygens (including phenoxy) is 1. The van der Waals surface area contributed by atoms with Gasteiger partial charge in [0.1, 0.15) is 18.1 Å². The van der Waals surface area contributed by atoms with Gasteiger partial charge in [0, 0.05) is 11.8 Å². The number of aromatic nitrogens is 1. The van der Waals surface area contributed by atoms with E-state index in [1.807, 2.05) is 18.2 Å².